The van der Waals surface area contributed by atoms with Crippen molar-refractivity contribution in [2.45, 2.75) is 19.5 Å². The zero-order valence-electron chi connectivity index (χ0n) is 10.9. The van der Waals surface area contributed by atoms with Crippen LogP contribution in [-0.4, -0.2) is 13.2 Å². The Kier molecular flexibility index (Phi) is 3.83. The van der Waals surface area contributed by atoms with Gasteiger partial charge in [0.25, 0.3) is 0 Å². The number of ether oxygens (including phenoxy) is 1. The lowest BCUT2D eigenvalue weighted by Gasteiger charge is -2.19. The summed E-state index contributed by atoms with van der Waals surface area (Å²) in [5, 5.41) is 3.53. The van der Waals surface area contributed by atoms with Gasteiger partial charge < -0.3 is 10.1 Å². The highest BCUT2D eigenvalue weighted by atomic mass is 35.5. The molecular weight excluding hydrogens is 284 g/mol. The van der Waals surface area contributed by atoms with Gasteiger partial charge in [-0.3, -0.25) is 0 Å². The number of halogens is 3. The highest BCUT2D eigenvalue weighted by Gasteiger charge is 2.35. The summed E-state index contributed by atoms with van der Waals surface area (Å²) < 4.78 is 28.6. The van der Waals surface area contributed by atoms with Crippen molar-refractivity contribution in [2.75, 3.05) is 11.9 Å². The average molecular weight is 300 g/mol. The molecule has 0 amide bonds. The van der Waals surface area contributed by atoms with Crippen LogP contribution in [0.25, 0.3) is 0 Å². The number of rotatable bonds is 5. The molecule has 0 spiro atoms. The van der Waals surface area contributed by atoms with Crippen LogP contribution in [0.2, 0.25) is 5.02 Å². The van der Waals surface area contributed by atoms with E-state index in [0.29, 0.717) is 11.8 Å². The van der Waals surface area contributed by atoms with E-state index in [9.17, 15) is 8.78 Å². The monoisotopic (exact) mass is 299 g/mol. The highest BCUT2D eigenvalue weighted by Crippen LogP contribution is 2.43. The normalized spacial score (nSPS) is 27.3. The van der Waals surface area contributed by atoms with Crippen LogP contribution in [0.1, 0.15) is 12.8 Å². The summed E-state index contributed by atoms with van der Waals surface area (Å²) in [5.74, 6) is 2.09. The second-order valence-electron chi connectivity index (χ2n) is 5.44. The lowest BCUT2D eigenvalue weighted by atomic mass is 9.93. The Morgan fingerprint density at radius 3 is 2.75 bits per heavy atom. The first-order valence-electron chi connectivity index (χ1n) is 6.78. The standard InChI is InChI=1S/C15H16ClF2NO/c16-13-7-12(3-4-14(13)20-15(17)18)19-8-11-6-9-1-2-10(11)5-9/h1-4,7,9-11,15,19H,5-6,8H2. The number of hydrogen-bond donors (Lipinski definition) is 1. The van der Waals surface area contributed by atoms with E-state index in [2.05, 4.69) is 22.2 Å². The third-order valence-corrected chi connectivity index (χ3v) is 4.43. The number of allylic oxidation sites excluding steroid dienone is 2. The SMILES string of the molecule is FC(F)Oc1ccc(NCC2CC3C=CC2C3)cc1Cl. The topological polar surface area (TPSA) is 21.3 Å². The molecule has 0 saturated heterocycles. The van der Waals surface area contributed by atoms with Gasteiger partial charge in [-0.05, 0) is 48.8 Å². The minimum absolute atomic E-state index is 0.00933. The first-order chi connectivity index (χ1) is 9.61. The van der Waals surface area contributed by atoms with Gasteiger partial charge in [0.05, 0.1) is 5.02 Å². The largest absolute Gasteiger partial charge is 0.433 e. The molecule has 1 fully saturated rings. The van der Waals surface area contributed by atoms with Crippen molar-refractivity contribution in [3.05, 3.63) is 35.4 Å². The molecule has 1 N–H and O–H groups in total. The molecule has 1 saturated carbocycles. The van der Waals surface area contributed by atoms with Crippen LogP contribution in [0.4, 0.5) is 14.5 Å². The predicted molar refractivity (Wildman–Crippen MR) is 75.4 cm³/mol. The molecule has 2 aliphatic rings. The van der Waals surface area contributed by atoms with Crippen molar-refractivity contribution < 1.29 is 13.5 Å². The lowest BCUT2D eigenvalue weighted by Crippen LogP contribution is -2.18. The van der Waals surface area contributed by atoms with Gasteiger partial charge in [-0.25, -0.2) is 0 Å². The van der Waals surface area contributed by atoms with Gasteiger partial charge in [-0.1, -0.05) is 23.8 Å². The number of alkyl halides is 2. The Morgan fingerprint density at radius 1 is 1.30 bits per heavy atom. The quantitative estimate of drug-likeness (QED) is 0.804. The van der Waals surface area contributed by atoms with Crippen molar-refractivity contribution in [2.24, 2.45) is 17.8 Å². The molecule has 2 aliphatic carbocycles. The molecule has 1 aromatic carbocycles. The maximum absolute atomic E-state index is 12.1. The molecule has 0 aliphatic heterocycles. The Balaban J connectivity index is 1.58. The Bertz CT molecular complexity index is 521. The zero-order chi connectivity index (χ0) is 14.1. The van der Waals surface area contributed by atoms with Gasteiger partial charge in [0, 0.05) is 12.2 Å². The van der Waals surface area contributed by atoms with Crippen LogP contribution in [0.15, 0.2) is 30.4 Å². The number of nitrogens with one attached hydrogen (secondary N) is 1. The van der Waals surface area contributed by atoms with Crippen molar-refractivity contribution in [3.8, 4) is 5.75 Å². The lowest BCUT2D eigenvalue weighted by molar-refractivity contribution is -0.0497. The van der Waals surface area contributed by atoms with Crippen LogP contribution < -0.4 is 10.1 Å². The molecule has 3 rings (SSSR count). The van der Waals surface area contributed by atoms with Gasteiger partial charge in [-0.2, -0.15) is 8.78 Å². The summed E-state index contributed by atoms with van der Waals surface area (Å²) in [4.78, 5) is 0. The number of anilines is 1. The van der Waals surface area contributed by atoms with Gasteiger partial charge in [0.2, 0.25) is 0 Å². The minimum atomic E-state index is -2.85. The first-order valence-corrected chi connectivity index (χ1v) is 7.16. The number of hydrogen-bond acceptors (Lipinski definition) is 2. The molecule has 3 atom stereocenters. The molecular formula is C15H16ClF2NO. The van der Waals surface area contributed by atoms with Crippen LogP contribution in [-0.2, 0) is 0 Å². The van der Waals surface area contributed by atoms with Crippen molar-refractivity contribution in [3.63, 3.8) is 0 Å². The molecule has 3 unspecified atom stereocenters. The van der Waals surface area contributed by atoms with Gasteiger partial charge in [0.1, 0.15) is 5.75 Å². The summed E-state index contributed by atoms with van der Waals surface area (Å²) in [6.45, 7) is -1.97. The molecule has 0 aromatic heterocycles. The van der Waals surface area contributed by atoms with Gasteiger partial charge >= 0.3 is 6.61 Å². The number of fused-ring (bicyclic) bond motifs is 2. The summed E-state index contributed by atoms with van der Waals surface area (Å²) in [5.41, 5.74) is 0.836. The molecule has 2 nitrogen and oxygen atoms in total. The smallest absolute Gasteiger partial charge is 0.387 e. The molecule has 5 heteroatoms. The molecule has 1 aromatic rings. The van der Waals surface area contributed by atoms with E-state index < -0.39 is 6.61 Å². The van der Waals surface area contributed by atoms with Crippen LogP contribution in [0.5, 0.6) is 5.75 Å². The van der Waals surface area contributed by atoms with Crippen molar-refractivity contribution in [1.29, 1.82) is 0 Å². The van der Waals surface area contributed by atoms with E-state index >= 15 is 0 Å². The highest BCUT2D eigenvalue weighted by molar-refractivity contribution is 6.32. The van der Waals surface area contributed by atoms with Crippen LogP contribution in [0, 0.1) is 17.8 Å². The van der Waals surface area contributed by atoms with E-state index in [0.717, 1.165) is 18.2 Å². The van der Waals surface area contributed by atoms with E-state index in [1.165, 1.54) is 18.9 Å². The fraction of sp³-hybridized carbons (Fsp3) is 0.467. The fourth-order valence-electron chi connectivity index (χ4n) is 3.18. The fourth-order valence-corrected chi connectivity index (χ4v) is 3.41. The van der Waals surface area contributed by atoms with E-state index in [1.54, 1.807) is 12.1 Å². The maximum atomic E-state index is 12.1. The van der Waals surface area contributed by atoms with Crippen LogP contribution >= 0.6 is 11.6 Å². The van der Waals surface area contributed by atoms with Gasteiger partial charge in [0.15, 0.2) is 0 Å². The number of benzene rings is 1. The third kappa shape index (κ3) is 2.90. The Labute approximate surface area is 121 Å². The van der Waals surface area contributed by atoms with E-state index in [4.69, 9.17) is 11.6 Å². The van der Waals surface area contributed by atoms with E-state index in [1.807, 2.05) is 0 Å². The maximum Gasteiger partial charge on any atom is 0.387 e. The molecule has 108 valence electrons. The molecule has 0 heterocycles. The van der Waals surface area contributed by atoms with E-state index in [-0.39, 0.29) is 10.8 Å². The third-order valence-electron chi connectivity index (χ3n) is 4.13. The summed E-state index contributed by atoms with van der Waals surface area (Å²) in [6, 6.07) is 4.81. The van der Waals surface area contributed by atoms with Gasteiger partial charge in [-0.15, -0.1) is 0 Å². The van der Waals surface area contributed by atoms with Crippen LogP contribution in [0.3, 0.4) is 0 Å². The Morgan fingerprint density at radius 2 is 2.15 bits per heavy atom. The summed E-state index contributed by atoms with van der Waals surface area (Å²) in [7, 11) is 0. The Hall–Kier alpha value is -1.29. The second kappa shape index (κ2) is 5.60. The minimum Gasteiger partial charge on any atom is -0.433 e. The van der Waals surface area contributed by atoms with Crippen molar-refractivity contribution in [1.82, 2.24) is 0 Å². The first kappa shape index (κ1) is 13.7. The molecule has 20 heavy (non-hydrogen) atoms. The zero-order valence-corrected chi connectivity index (χ0v) is 11.6. The second-order valence-corrected chi connectivity index (χ2v) is 5.85. The molecule has 0 radical (unpaired) electrons. The van der Waals surface area contributed by atoms with Crippen molar-refractivity contribution >= 4 is 17.3 Å². The predicted octanol–water partition coefficient (Wildman–Crippen LogP) is 4.57. The average Bonchev–Trinajstić information content (AvgIpc) is 3.01. The summed E-state index contributed by atoms with van der Waals surface area (Å²) >= 11 is 5.92. The summed E-state index contributed by atoms with van der Waals surface area (Å²) in [6.07, 6.45) is 7.13. The molecule has 2 bridgehead atoms.